The third-order valence-electron chi connectivity index (χ3n) is 3.22. The summed E-state index contributed by atoms with van der Waals surface area (Å²) < 4.78 is 11.4. The van der Waals surface area contributed by atoms with Crippen LogP contribution in [0.4, 0.5) is 0 Å². The summed E-state index contributed by atoms with van der Waals surface area (Å²) in [5, 5.41) is 0. The Bertz CT molecular complexity index is 159. The first-order valence-corrected chi connectivity index (χ1v) is 6.55. The van der Waals surface area contributed by atoms with Gasteiger partial charge in [0, 0.05) is 13.0 Å². The first kappa shape index (κ1) is 13.0. The zero-order chi connectivity index (χ0) is 11.1. The van der Waals surface area contributed by atoms with Crippen LogP contribution >= 0.6 is 0 Å². The van der Waals surface area contributed by atoms with Gasteiger partial charge >= 0.3 is 0 Å². The van der Waals surface area contributed by atoms with Gasteiger partial charge in [-0.25, -0.2) is 0 Å². The molecule has 0 spiro atoms. The van der Waals surface area contributed by atoms with E-state index in [1.54, 1.807) is 0 Å². The summed E-state index contributed by atoms with van der Waals surface area (Å²) in [6.45, 7) is 7.33. The largest absolute Gasteiger partial charge is 0.353 e. The lowest BCUT2D eigenvalue weighted by Crippen LogP contribution is -2.15. The maximum Gasteiger partial charge on any atom is 0.158 e. The summed E-state index contributed by atoms with van der Waals surface area (Å²) in [6.07, 6.45) is 8.12. The number of hydrogen-bond donors (Lipinski definition) is 0. The van der Waals surface area contributed by atoms with E-state index in [0.29, 0.717) is 12.0 Å². The second-order valence-corrected chi connectivity index (χ2v) is 4.62. The van der Waals surface area contributed by atoms with E-state index < -0.39 is 0 Å². The molecule has 0 radical (unpaired) electrons. The molecule has 0 amide bonds. The third-order valence-corrected chi connectivity index (χ3v) is 3.22. The van der Waals surface area contributed by atoms with Crippen LogP contribution in [0.5, 0.6) is 0 Å². The monoisotopic (exact) mass is 214 g/mol. The number of unbranched alkanes of at least 4 members (excludes halogenated alkanes) is 3. The molecule has 15 heavy (non-hydrogen) atoms. The number of hydrogen-bond acceptors (Lipinski definition) is 2. The van der Waals surface area contributed by atoms with Crippen molar-refractivity contribution in [2.24, 2.45) is 5.92 Å². The molecule has 1 rings (SSSR count). The van der Waals surface area contributed by atoms with Crippen LogP contribution in [0.1, 0.15) is 59.3 Å². The highest BCUT2D eigenvalue weighted by molar-refractivity contribution is 4.75. The molecule has 1 saturated heterocycles. The fraction of sp³-hybridized carbons (Fsp3) is 1.00. The minimum atomic E-state index is 0.0705. The summed E-state index contributed by atoms with van der Waals surface area (Å²) in [7, 11) is 0. The van der Waals surface area contributed by atoms with E-state index in [9.17, 15) is 0 Å². The van der Waals surface area contributed by atoms with Gasteiger partial charge in [-0.1, -0.05) is 39.5 Å². The molecule has 0 bridgehead atoms. The molecular weight excluding hydrogens is 188 g/mol. The van der Waals surface area contributed by atoms with E-state index in [1.807, 2.05) is 6.92 Å². The smallest absolute Gasteiger partial charge is 0.158 e. The SMILES string of the molecule is CCCCCC[C@@H]1OC(OCC)C[C@H]1C. The van der Waals surface area contributed by atoms with Crippen LogP contribution in [0.2, 0.25) is 0 Å². The van der Waals surface area contributed by atoms with Crippen LogP contribution in [-0.2, 0) is 9.47 Å². The Morgan fingerprint density at radius 2 is 2.00 bits per heavy atom. The molecule has 1 aliphatic rings. The van der Waals surface area contributed by atoms with E-state index in [4.69, 9.17) is 9.47 Å². The van der Waals surface area contributed by atoms with Crippen LogP contribution in [0.3, 0.4) is 0 Å². The van der Waals surface area contributed by atoms with E-state index in [1.165, 1.54) is 32.1 Å². The molecule has 1 unspecified atom stereocenters. The van der Waals surface area contributed by atoms with Crippen molar-refractivity contribution in [2.75, 3.05) is 6.61 Å². The molecule has 1 fully saturated rings. The van der Waals surface area contributed by atoms with E-state index >= 15 is 0 Å². The van der Waals surface area contributed by atoms with Crippen molar-refractivity contribution in [1.82, 2.24) is 0 Å². The van der Waals surface area contributed by atoms with Crippen molar-refractivity contribution in [2.45, 2.75) is 71.7 Å². The summed E-state index contributed by atoms with van der Waals surface area (Å²) in [6, 6.07) is 0. The van der Waals surface area contributed by atoms with Gasteiger partial charge in [-0.15, -0.1) is 0 Å². The summed E-state index contributed by atoms with van der Waals surface area (Å²) in [4.78, 5) is 0. The Morgan fingerprint density at radius 3 is 2.67 bits per heavy atom. The van der Waals surface area contributed by atoms with Gasteiger partial charge in [-0.2, -0.15) is 0 Å². The highest BCUT2D eigenvalue weighted by Crippen LogP contribution is 2.30. The molecule has 1 heterocycles. The molecule has 0 aromatic carbocycles. The molecule has 2 heteroatoms. The maximum absolute atomic E-state index is 5.87. The molecule has 0 aromatic heterocycles. The van der Waals surface area contributed by atoms with Crippen molar-refractivity contribution < 1.29 is 9.47 Å². The van der Waals surface area contributed by atoms with Crippen molar-refractivity contribution in [3.8, 4) is 0 Å². The summed E-state index contributed by atoms with van der Waals surface area (Å²) in [5.41, 5.74) is 0. The average molecular weight is 214 g/mol. The maximum atomic E-state index is 5.87. The van der Waals surface area contributed by atoms with Crippen molar-refractivity contribution >= 4 is 0 Å². The number of rotatable bonds is 7. The summed E-state index contributed by atoms with van der Waals surface area (Å²) >= 11 is 0. The van der Waals surface area contributed by atoms with Gasteiger partial charge in [0.1, 0.15) is 0 Å². The van der Waals surface area contributed by atoms with Gasteiger partial charge in [0.15, 0.2) is 6.29 Å². The Hall–Kier alpha value is -0.0800. The molecule has 0 N–H and O–H groups in total. The minimum Gasteiger partial charge on any atom is -0.353 e. The van der Waals surface area contributed by atoms with Crippen LogP contribution in [0, 0.1) is 5.92 Å². The quantitative estimate of drug-likeness (QED) is 0.601. The molecule has 0 aliphatic carbocycles. The Balaban J connectivity index is 2.13. The standard InChI is InChI=1S/C13H26O2/c1-4-6-7-8-9-12-11(3)10-13(15-12)14-5-2/h11-13H,4-10H2,1-3H3/t11-,12+,13?/m1/s1. The minimum absolute atomic E-state index is 0.0705. The fourth-order valence-corrected chi connectivity index (χ4v) is 2.26. The van der Waals surface area contributed by atoms with Gasteiger partial charge in [0.2, 0.25) is 0 Å². The van der Waals surface area contributed by atoms with Crippen LogP contribution in [-0.4, -0.2) is 19.0 Å². The Labute approximate surface area is 94.3 Å². The molecule has 0 aromatic rings. The zero-order valence-electron chi connectivity index (χ0n) is 10.5. The number of ether oxygens (including phenoxy) is 2. The van der Waals surface area contributed by atoms with Gasteiger partial charge in [-0.3, -0.25) is 0 Å². The molecule has 3 atom stereocenters. The second-order valence-electron chi connectivity index (χ2n) is 4.62. The van der Waals surface area contributed by atoms with Gasteiger partial charge in [0.25, 0.3) is 0 Å². The molecular formula is C13H26O2. The first-order chi connectivity index (χ1) is 7.27. The Morgan fingerprint density at radius 1 is 1.20 bits per heavy atom. The van der Waals surface area contributed by atoms with Crippen LogP contribution in [0.15, 0.2) is 0 Å². The van der Waals surface area contributed by atoms with Crippen LogP contribution in [0.25, 0.3) is 0 Å². The fourth-order valence-electron chi connectivity index (χ4n) is 2.26. The predicted octanol–water partition coefficient (Wildman–Crippen LogP) is 3.74. The second kappa shape index (κ2) is 7.24. The van der Waals surface area contributed by atoms with Gasteiger partial charge < -0.3 is 9.47 Å². The van der Waals surface area contributed by atoms with Crippen molar-refractivity contribution in [1.29, 1.82) is 0 Å². The van der Waals surface area contributed by atoms with E-state index in [-0.39, 0.29) is 6.29 Å². The van der Waals surface area contributed by atoms with Gasteiger partial charge in [-0.05, 0) is 19.3 Å². The van der Waals surface area contributed by atoms with Gasteiger partial charge in [0.05, 0.1) is 6.10 Å². The summed E-state index contributed by atoms with van der Waals surface area (Å²) in [5.74, 6) is 0.670. The first-order valence-electron chi connectivity index (χ1n) is 6.55. The highest BCUT2D eigenvalue weighted by Gasteiger charge is 2.31. The zero-order valence-corrected chi connectivity index (χ0v) is 10.5. The lowest BCUT2D eigenvalue weighted by molar-refractivity contribution is -0.132. The van der Waals surface area contributed by atoms with Crippen molar-refractivity contribution in [3.05, 3.63) is 0 Å². The van der Waals surface area contributed by atoms with E-state index in [0.717, 1.165) is 13.0 Å². The average Bonchev–Trinajstić information content (AvgIpc) is 2.55. The third kappa shape index (κ3) is 4.52. The predicted molar refractivity (Wildman–Crippen MR) is 62.8 cm³/mol. The van der Waals surface area contributed by atoms with Crippen molar-refractivity contribution in [3.63, 3.8) is 0 Å². The lowest BCUT2D eigenvalue weighted by Gasteiger charge is -2.15. The highest BCUT2D eigenvalue weighted by atomic mass is 16.7. The normalized spacial score (nSPS) is 31.0. The molecule has 1 aliphatic heterocycles. The molecule has 90 valence electrons. The molecule has 0 saturated carbocycles. The lowest BCUT2D eigenvalue weighted by atomic mass is 9.98. The topological polar surface area (TPSA) is 18.5 Å². The molecule has 2 nitrogen and oxygen atoms in total. The van der Waals surface area contributed by atoms with E-state index in [2.05, 4.69) is 13.8 Å². The Kier molecular flexibility index (Phi) is 6.26. The van der Waals surface area contributed by atoms with Crippen LogP contribution < -0.4 is 0 Å².